The van der Waals surface area contributed by atoms with E-state index in [1.54, 1.807) is 4.90 Å². The van der Waals surface area contributed by atoms with Crippen molar-refractivity contribution >= 4 is 35.5 Å². The van der Waals surface area contributed by atoms with E-state index in [-0.39, 0.29) is 11.9 Å². The molecule has 7 heteroatoms. The van der Waals surface area contributed by atoms with Crippen molar-refractivity contribution in [2.75, 3.05) is 36.9 Å². The molecule has 21 heavy (non-hydrogen) atoms. The highest BCUT2D eigenvalue weighted by Gasteiger charge is 2.48. The summed E-state index contributed by atoms with van der Waals surface area (Å²) in [6.45, 7) is 5.37. The Bertz CT molecular complexity index is 400. The number of thioether (sulfide) groups is 2. The van der Waals surface area contributed by atoms with Gasteiger partial charge in [0.1, 0.15) is 0 Å². The summed E-state index contributed by atoms with van der Waals surface area (Å²) in [4.78, 5) is 25.5. The molecule has 0 bridgehead atoms. The molecule has 2 unspecified atom stereocenters. The van der Waals surface area contributed by atoms with Crippen molar-refractivity contribution in [2.24, 2.45) is 11.3 Å². The van der Waals surface area contributed by atoms with Gasteiger partial charge < -0.3 is 15.3 Å². The highest BCUT2D eigenvalue weighted by atomic mass is 32.2. The van der Waals surface area contributed by atoms with E-state index in [4.69, 9.17) is 0 Å². The third-order valence-electron chi connectivity index (χ3n) is 4.49. The molecule has 2 aliphatic rings. The van der Waals surface area contributed by atoms with Gasteiger partial charge in [-0.1, -0.05) is 13.8 Å². The molecule has 2 rings (SSSR count). The van der Waals surface area contributed by atoms with Crippen molar-refractivity contribution in [2.45, 2.75) is 25.5 Å². The van der Waals surface area contributed by atoms with Crippen LogP contribution in [0.15, 0.2) is 0 Å². The Kier molecular flexibility index (Phi) is 5.71. The Balaban J connectivity index is 1.85. The van der Waals surface area contributed by atoms with Crippen molar-refractivity contribution in [3.05, 3.63) is 0 Å². The minimum Gasteiger partial charge on any atom is -0.481 e. The number of likely N-dealkylation sites (tertiary alicyclic amines) is 1. The summed E-state index contributed by atoms with van der Waals surface area (Å²) in [7, 11) is 0. The molecule has 0 spiro atoms. The molecule has 0 saturated carbocycles. The molecule has 2 fully saturated rings. The number of carboxylic acid groups (broad SMARTS) is 1. The number of carbonyl (C=O) groups excluding carboxylic acids is 1. The number of amides is 2. The van der Waals surface area contributed by atoms with Crippen LogP contribution in [-0.4, -0.2) is 64.1 Å². The maximum absolute atomic E-state index is 12.2. The fraction of sp³-hybridized carbons (Fsp3) is 0.857. The van der Waals surface area contributed by atoms with Gasteiger partial charge in [0.05, 0.1) is 5.41 Å². The fourth-order valence-electron chi connectivity index (χ4n) is 2.87. The molecular formula is C14H24N2O3S2. The van der Waals surface area contributed by atoms with Crippen LogP contribution < -0.4 is 5.32 Å². The Morgan fingerprint density at radius 1 is 1.43 bits per heavy atom. The number of nitrogens with one attached hydrogen (secondary N) is 1. The molecule has 0 radical (unpaired) electrons. The van der Waals surface area contributed by atoms with Crippen molar-refractivity contribution in [1.82, 2.24) is 10.2 Å². The Hall–Kier alpha value is -0.560. The average Bonchev–Trinajstić information content (AvgIpc) is 2.92. The molecule has 2 saturated heterocycles. The van der Waals surface area contributed by atoms with E-state index < -0.39 is 11.4 Å². The first-order chi connectivity index (χ1) is 9.95. The van der Waals surface area contributed by atoms with Crippen LogP contribution in [0.2, 0.25) is 0 Å². The van der Waals surface area contributed by atoms with Gasteiger partial charge in [-0.05, 0) is 12.3 Å². The smallest absolute Gasteiger partial charge is 0.317 e. The largest absolute Gasteiger partial charge is 0.481 e. The van der Waals surface area contributed by atoms with Crippen LogP contribution >= 0.6 is 23.5 Å². The predicted octanol–water partition coefficient (Wildman–Crippen LogP) is 1.98. The summed E-state index contributed by atoms with van der Waals surface area (Å²) in [5.74, 6) is 2.65. The Labute approximate surface area is 134 Å². The third-order valence-corrected chi connectivity index (χ3v) is 7.33. The number of aliphatic carboxylic acids is 1. The van der Waals surface area contributed by atoms with E-state index >= 15 is 0 Å². The van der Waals surface area contributed by atoms with Crippen LogP contribution in [0.3, 0.4) is 0 Å². The minimum absolute atomic E-state index is 0.0260. The van der Waals surface area contributed by atoms with Gasteiger partial charge in [-0.3, -0.25) is 4.79 Å². The van der Waals surface area contributed by atoms with Gasteiger partial charge in [-0.25, -0.2) is 4.79 Å². The molecule has 5 nitrogen and oxygen atoms in total. The summed E-state index contributed by atoms with van der Waals surface area (Å²) in [6, 6.07) is -0.116. The van der Waals surface area contributed by atoms with Gasteiger partial charge in [0.25, 0.3) is 0 Å². The molecule has 2 heterocycles. The van der Waals surface area contributed by atoms with E-state index in [1.807, 2.05) is 37.4 Å². The average molecular weight is 332 g/mol. The van der Waals surface area contributed by atoms with E-state index in [0.717, 1.165) is 11.5 Å². The van der Waals surface area contributed by atoms with Gasteiger partial charge in [0.2, 0.25) is 0 Å². The number of nitrogens with zero attached hydrogens (tertiary/aromatic N) is 1. The molecule has 0 aromatic rings. The Morgan fingerprint density at radius 3 is 2.71 bits per heavy atom. The summed E-state index contributed by atoms with van der Waals surface area (Å²) >= 11 is 3.84. The monoisotopic (exact) mass is 332 g/mol. The summed E-state index contributed by atoms with van der Waals surface area (Å²) in [5.41, 5.74) is -0.785. The molecule has 2 aliphatic heterocycles. The van der Waals surface area contributed by atoms with Crippen molar-refractivity contribution in [3.8, 4) is 0 Å². The topological polar surface area (TPSA) is 69.6 Å². The normalized spacial score (nSPS) is 29.7. The SMILES string of the molecule is CC(C)C1(C(=O)O)CCN(C(=O)NCC2CSCCS2)C1. The van der Waals surface area contributed by atoms with E-state index in [0.29, 0.717) is 31.3 Å². The van der Waals surface area contributed by atoms with Gasteiger partial charge in [0, 0.05) is 42.1 Å². The zero-order valence-corrected chi connectivity index (χ0v) is 14.3. The summed E-state index contributed by atoms with van der Waals surface area (Å²) < 4.78 is 0. The number of urea groups is 1. The first-order valence-electron chi connectivity index (χ1n) is 7.41. The predicted molar refractivity (Wildman–Crippen MR) is 88.1 cm³/mol. The zero-order valence-electron chi connectivity index (χ0n) is 12.6. The lowest BCUT2D eigenvalue weighted by atomic mass is 9.76. The van der Waals surface area contributed by atoms with Gasteiger partial charge >= 0.3 is 12.0 Å². The molecule has 0 aromatic heterocycles. The van der Waals surface area contributed by atoms with Crippen LogP contribution in [0, 0.1) is 11.3 Å². The van der Waals surface area contributed by atoms with E-state index in [2.05, 4.69) is 5.32 Å². The molecule has 2 atom stereocenters. The van der Waals surface area contributed by atoms with Crippen molar-refractivity contribution in [3.63, 3.8) is 0 Å². The number of hydrogen-bond acceptors (Lipinski definition) is 4. The second-order valence-corrected chi connectivity index (χ2v) is 8.60. The van der Waals surface area contributed by atoms with Gasteiger partial charge in [0.15, 0.2) is 0 Å². The fourth-order valence-corrected chi connectivity index (χ4v) is 5.48. The van der Waals surface area contributed by atoms with Gasteiger partial charge in [-0.15, -0.1) is 0 Å². The van der Waals surface area contributed by atoms with Crippen molar-refractivity contribution < 1.29 is 14.7 Å². The van der Waals surface area contributed by atoms with Crippen LogP contribution in [0.4, 0.5) is 4.79 Å². The van der Waals surface area contributed by atoms with Gasteiger partial charge in [-0.2, -0.15) is 23.5 Å². The number of carbonyl (C=O) groups is 2. The maximum Gasteiger partial charge on any atom is 0.317 e. The van der Waals surface area contributed by atoms with Crippen LogP contribution in [0.25, 0.3) is 0 Å². The molecule has 120 valence electrons. The van der Waals surface area contributed by atoms with Crippen LogP contribution in [-0.2, 0) is 4.79 Å². The minimum atomic E-state index is -0.785. The van der Waals surface area contributed by atoms with Crippen LogP contribution in [0.5, 0.6) is 0 Å². The second kappa shape index (κ2) is 7.13. The van der Waals surface area contributed by atoms with Crippen molar-refractivity contribution in [1.29, 1.82) is 0 Å². The number of carboxylic acids is 1. The zero-order chi connectivity index (χ0) is 15.5. The van der Waals surface area contributed by atoms with E-state index in [1.165, 1.54) is 5.75 Å². The second-order valence-electron chi connectivity index (χ2n) is 6.04. The lowest BCUT2D eigenvalue weighted by Crippen LogP contribution is -2.45. The lowest BCUT2D eigenvalue weighted by molar-refractivity contribution is -0.150. The standard InChI is InChI=1S/C14H24N2O3S2/c1-10(2)14(12(17)18)3-4-16(9-14)13(19)15-7-11-8-20-5-6-21-11/h10-11H,3-9H2,1-2H3,(H,15,19)(H,17,18). The lowest BCUT2D eigenvalue weighted by Gasteiger charge is -2.29. The number of rotatable bonds is 4. The highest BCUT2D eigenvalue weighted by molar-refractivity contribution is 8.06. The van der Waals surface area contributed by atoms with Crippen LogP contribution in [0.1, 0.15) is 20.3 Å². The molecule has 2 N–H and O–H groups in total. The molecular weight excluding hydrogens is 308 g/mol. The molecule has 0 aromatic carbocycles. The first-order valence-corrected chi connectivity index (χ1v) is 9.61. The summed E-state index contributed by atoms with van der Waals surface area (Å²) in [6.07, 6.45) is 0.543. The number of hydrogen-bond donors (Lipinski definition) is 2. The van der Waals surface area contributed by atoms with E-state index in [9.17, 15) is 14.7 Å². The molecule has 2 amide bonds. The summed E-state index contributed by atoms with van der Waals surface area (Å²) in [5, 5.41) is 12.9. The maximum atomic E-state index is 12.2. The quantitative estimate of drug-likeness (QED) is 0.824. The molecule has 0 aliphatic carbocycles. The Morgan fingerprint density at radius 2 is 2.19 bits per heavy atom. The third kappa shape index (κ3) is 3.80. The highest BCUT2D eigenvalue weighted by Crippen LogP contribution is 2.38. The first kappa shape index (κ1) is 16.8.